The van der Waals surface area contributed by atoms with Crippen molar-refractivity contribution in [3.8, 4) is 5.75 Å². The zero-order chi connectivity index (χ0) is 14.1. The van der Waals surface area contributed by atoms with Crippen molar-refractivity contribution in [1.29, 1.82) is 0 Å². The highest BCUT2D eigenvalue weighted by molar-refractivity contribution is 5.60. The van der Waals surface area contributed by atoms with E-state index in [1.165, 1.54) is 19.4 Å². The third-order valence-electron chi connectivity index (χ3n) is 4.61. The summed E-state index contributed by atoms with van der Waals surface area (Å²) in [5.41, 5.74) is 2.05. The maximum absolute atomic E-state index is 10.1. The molecule has 0 radical (unpaired) electrons. The molecule has 1 aromatic carbocycles. The van der Waals surface area contributed by atoms with E-state index in [1.807, 2.05) is 19.1 Å². The minimum absolute atomic E-state index is 0.511. The number of benzene rings is 1. The van der Waals surface area contributed by atoms with E-state index in [-0.39, 0.29) is 0 Å². The molecule has 0 spiro atoms. The van der Waals surface area contributed by atoms with Crippen LogP contribution in [0.25, 0.3) is 0 Å². The number of ether oxygens (including phenoxy) is 1. The van der Waals surface area contributed by atoms with Gasteiger partial charge in [0.1, 0.15) is 5.75 Å². The Hall–Kier alpha value is -1.26. The molecule has 4 heteroatoms. The normalized spacial score (nSPS) is 24.6. The van der Waals surface area contributed by atoms with Gasteiger partial charge in [-0.1, -0.05) is 6.07 Å². The van der Waals surface area contributed by atoms with Gasteiger partial charge in [-0.2, -0.15) is 0 Å². The van der Waals surface area contributed by atoms with Crippen molar-refractivity contribution >= 4 is 5.69 Å². The molecule has 0 bridgehead atoms. The first kappa shape index (κ1) is 13.7. The van der Waals surface area contributed by atoms with Crippen LogP contribution in [0.5, 0.6) is 5.75 Å². The number of piperazine rings is 1. The van der Waals surface area contributed by atoms with Crippen LogP contribution < -0.4 is 9.64 Å². The second kappa shape index (κ2) is 5.62. The maximum Gasteiger partial charge on any atom is 0.126 e. The van der Waals surface area contributed by atoms with E-state index in [9.17, 15) is 5.11 Å². The van der Waals surface area contributed by atoms with Gasteiger partial charge < -0.3 is 14.7 Å². The standard InChI is InChI=1S/C16H24N2O2/c1-12(19)16-14(6-3-7-15(16)20-2)18-10-9-17-8-4-5-13(17)11-18/h3,6-7,12-13,19H,4-5,8-11H2,1-2H3/t12-,13?/m0/s1. The molecule has 20 heavy (non-hydrogen) atoms. The Morgan fingerprint density at radius 2 is 2.15 bits per heavy atom. The molecule has 110 valence electrons. The summed E-state index contributed by atoms with van der Waals surface area (Å²) in [5.74, 6) is 0.784. The van der Waals surface area contributed by atoms with E-state index in [2.05, 4.69) is 15.9 Å². The summed E-state index contributed by atoms with van der Waals surface area (Å²) in [6, 6.07) is 6.73. The summed E-state index contributed by atoms with van der Waals surface area (Å²) in [4.78, 5) is 5.01. The predicted molar refractivity (Wildman–Crippen MR) is 80.4 cm³/mol. The highest BCUT2D eigenvalue weighted by Crippen LogP contribution is 2.36. The van der Waals surface area contributed by atoms with E-state index >= 15 is 0 Å². The van der Waals surface area contributed by atoms with Gasteiger partial charge in [-0.25, -0.2) is 0 Å². The van der Waals surface area contributed by atoms with Gasteiger partial charge in [0.2, 0.25) is 0 Å². The fraction of sp³-hybridized carbons (Fsp3) is 0.625. The van der Waals surface area contributed by atoms with E-state index in [4.69, 9.17) is 4.74 Å². The van der Waals surface area contributed by atoms with E-state index in [0.717, 1.165) is 36.6 Å². The van der Waals surface area contributed by atoms with Crippen LogP contribution in [0.3, 0.4) is 0 Å². The number of anilines is 1. The van der Waals surface area contributed by atoms with Gasteiger partial charge in [0, 0.05) is 36.9 Å². The Morgan fingerprint density at radius 3 is 2.90 bits per heavy atom. The van der Waals surface area contributed by atoms with E-state index in [1.54, 1.807) is 7.11 Å². The number of aliphatic hydroxyl groups is 1. The number of nitrogens with zero attached hydrogens (tertiary/aromatic N) is 2. The molecular weight excluding hydrogens is 252 g/mol. The van der Waals surface area contributed by atoms with Gasteiger partial charge in [0.05, 0.1) is 13.2 Å². The molecule has 3 rings (SSSR count). The zero-order valence-electron chi connectivity index (χ0n) is 12.4. The number of rotatable bonds is 3. The van der Waals surface area contributed by atoms with E-state index < -0.39 is 6.10 Å². The van der Waals surface area contributed by atoms with Gasteiger partial charge >= 0.3 is 0 Å². The first-order valence-corrected chi connectivity index (χ1v) is 7.54. The molecule has 2 heterocycles. The van der Waals surface area contributed by atoms with Crippen molar-refractivity contribution in [3.63, 3.8) is 0 Å². The fourth-order valence-corrected chi connectivity index (χ4v) is 3.62. The van der Waals surface area contributed by atoms with Gasteiger partial charge in [-0.05, 0) is 38.4 Å². The minimum Gasteiger partial charge on any atom is -0.496 e. The lowest BCUT2D eigenvalue weighted by atomic mass is 10.0. The van der Waals surface area contributed by atoms with Crippen molar-refractivity contribution in [3.05, 3.63) is 23.8 Å². The average molecular weight is 276 g/mol. The van der Waals surface area contributed by atoms with Crippen molar-refractivity contribution < 1.29 is 9.84 Å². The minimum atomic E-state index is -0.511. The summed E-state index contributed by atoms with van der Waals surface area (Å²) < 4.78 is 5.43. The number of hydrogen-bond donors (Lipinski definition) is 1. The Bertz CT molecular complexity index is 476. The summed E-state index contributed by atoms with van der Waals surface area (Å²) in [5, 5.41) is 10.1. The molecule has 1 unspecified atom stereocenters. The van der Waals surface area contributed by atoms with Crippen LogP contribution in [0.4, 0.5) is 5.69 Å². The van der Waals surface area contributed by atoms with Gasteiger partial charge in [0.15, 0.2) is 0 Å². The fourth-order valence-electron chi connectivity index (χ4n) is 3.62. The SMILES string of the molecule is COc1cccc(N2CCN3CCCC3C2)c1[C@H](C)O. The van der Waals surface area contributed by atoms with Crippen LogP contribution in [-0.2, 0) is 0 Å². The highest BCUT2D eigenvalue weighted by Gasteiger charge is 2.32. The van der Waals surface area contributed by atoms with Gasteiger partial charge in [0.25, 0.3) is 0 Å². The molecular formula is C16H24N2O2. The molecule has 2 aliphatic heterocycles. The third kappa shape index (κ3) is 2.38. The molecule has 0 saturated carbocycles. The third-order valence-corrected chi connectivity index (χ3v) is 4.61. The Balaban J connectivity index is 1.89. The summed E-state index contributed by atoms with van der Waals surface area (Å²) in [7, 11) is 1.67. The number of methoxy groups -OCH3 is 1. The largest absolute Gasteiger partial charge is 0.496 e. The second-order valence-electron chi connectivity index (χ2n) is 5.85. The Kier molecular flexibility index (Phi) is 3.85. The van der Waals surface area contributed by atoms with Crippen LogP contribution in [0.15, 0.2) is 18.2 Å². The summed E-state index contributed by atoms with van der Waals surface area (Å²) in [6.45, 7) is 6.28. The number of aliphatic hydroxyl groups excluding tert-OH is 1. The summed E-state index contributed by atoms with van der Waals surface area (Å²) >= 11 is 0. The molecule has 2 atom stereocenters. The van der Waals surface area contributed by atoms with Crippen LogP contribution in [0.2, 0.25) is 0 Å². The van der Waals surface area contributed by atoms with Gasteiger partial charge in [-0.3, -0.25) is 4.90 Å². The molecule has 4 nitrogen and oxygen atoms in total. The van der Waals surface area contributed by atoms with Crippen molar-refractivity contribution in [2.45, 2.75) is 31.9 Å². The molecule has 0 amide bonds. The highest BCUT2D eigenvalue weighted by atomic mass is 16.5. The van der Waals surface area contributed by atoms with Gasteiger partial charge in [-0.15, -0.1) is 0 Å². The molecule has 0 aromatic heterocycles. The first-order valence-electron chi connectivity index (χ1n) is 7.54. The molecule has 2 aliphatic rings. The van der Waals surface area contributed by atoms with Crippen LogP contribution in [0.1, 0.15) is 31.4 Å². The Labute approximate surface area is 120 Å². The van der Waals surface area contributed by atoms with Crippen molar-refractivity contribution in [1.82, 2.24) is 4.90 Å². The smallest absolute Gasteiger partial charge is 0.126 e. The van der Waals surface area contributed by atoms with Crippen LogP contribution >= 0.6 is 0 Å². The lowest BCUT2D eigenvalue weighted by Gasteiger charge is -2.40. The molecule has 1 N–H and O–H groups in total. The Morgan fingerprint density at radius 1 is 1.30 bits per heavy atom. The van der Waals surface area contributed by atoms with E-state index in [0.29, 0.717) is 6.04 Å². The monoisotopic (exact) mass is 276 g/mol. The molecule has 2 fully saturated rings. The lowest BCUT2D eigenvalue weighted by molar-refractivity contribution is 0.193. The zero-order valence-corrected chi connectivity index (χ0v) is 12.4. The number of fused-ring (bicyclic) bond motifs is 1. The molecule has 2 saturated heterocycles. The van der Waals surface area contributed by atoms with Crippen molar-refractivity contribution in [2.75, 3.05) is 38.2 Å². The second-order valence-corrected chi connectivity index (χ2v) is 5.85. The van der Waals surface area contributed by atoms with Crippen molar-refractivity contribution in [2.24, 2.45) is 0 Å². The lowest BCUT2D eigenvalue weighted by Crippen LogP contribution is -2.50. The van der Waals surface area contributed by atoms with Crippen LogP contribution in [0, 0.1) is 0 Å². The van der Waals surface area contributed by atoms with Crippen LogP contribution in [-0.4, -0.2) is 49.3 Å². The average Bonchev–Trinajstić information content (AvgIpc) is 2.93. The maximum atomic E-state index is 10.1. The topological polar surface area (TPSA) is 35.9 Å². The summed E-state index contributed by atoms with van der Waals surface area (Å²) in [6.07, 6.45) is 2.10. The molecule has 0 aliphatic carbocycles. The molecule has 1 aromatic rings. The quantitative estimate of drug-likeness (QED) is 0.916. The first-order chi connectivity index (χ1) is 9.70. The predicted octanol–water partition coefficient (Wildman–Crippen LogP) is 2.03. The number of hydrogen-bond acceptors (Lipinski definition) is 4.